The summed E-state index contributed by atoms with van der Waals surface area (Å²) in [6.45, 7) is 6.55. The molecule has 1 amide bonds. The van der Waals surface area contributed by atoms with Crippen LogP contribution >= 0.6 is 0 Å². The Bertz CT molecular complexity index is 926. The Hall–Kier alpha value is -2.73. The van der Waals surface area contributed by atoms with Crippen molar-refractivity contribution in [3.05, 3.63) is 65.5 Å². The molecule has 2 fully saturated rings. The molecule has 2 aliphatic heterocycles. The van der Waals surface area contributed by atoms with Crippen molar-refractivity contribution >= 4 is 17.4 Å². The van der Waals surface area contributed by atoms with E-state index in [0.29, 0.717) is 37.4 Å². The summed E-state index contributed by atoms with van der Waals surface area (Å²) in [6.07, 6.45) is 1.97. The van der Waals surface area contributed by atoms with E-state index >= 15 is 0 Å². The third-order valence-corrected chi connectivity index (χ3v) is 6.39. The maximum atomic E-state index is 14.5. The molecule has 4 rings (SSSR count). The molecule has 2 heterocycles. The number of Topliss-reactive ketones (excluding diaryl/α,β-unsaturated/α-hetero) is 1. The van der Waals surface area contributed by atoms with E-state index < -0.39 is 0 Å². The minimum absolute atomic E-state index is 0.0376. The number of piperazine rings is 1. The smallest absolute Gasteiger partial charge is 0.227 e. The molecule has 1 atom stereocenters. The fourth-order valence-electron chi connectivity index (χ4n) is 4.65. The highest BCUT2D eigenvalue weighted by Crippen LogP contribution is 2.25. The molecular formula is C25H30FN3O2. The van der Waals surface area contributed by atoms with Crippen molar-refractivity contribution < 1.29 is 14.0 Å². The lowest BCUT2D eigenvalue weighted by Crippen LogP contribution is -2.52. The van der Waals surface area contributed by atoms with E-state index in [1.165, 1.54) is 18.6 Å². The zero-order valence-corrected chi connectivity index (χ0v) is 18.1. The first-order valence-corrected chi connectivity index (χ1v) is 11.1. The number of halogens is 1. The Morgan fingerprint density at radius 2 is 1.74 bits per heavy atom. The van der Waals surface area contributed by atoms with Gasteiger partial charge in [0.25, 0.3) is 0 Å². The van der Waals surface area contributed by atoms with E-state index in [0.717, 1.165) is 32.5 Å². The van der Waals surface area contributed by atoms with Gasteiger partial charge >= 0.3 is 0 Å². The second-order valence-electron chi connectivity index (χ2n) is 8.59. The summed E-state index contributed by atoms with van der Waals surface area (Å²) in [4.78, 5) is 30.9. The summed E-state index contributed by atoms with van der Waals surface area (Å²) in [6, 6.07) is 15.0. The van der Waals surface area contributed by atoms with Crippen LogP contribution in [0, 0.1) is 11.7 Å². The van der Waals surface area contributed by atoms with Crippen molar-refractivity contribution in [1.29, 1.82) is 0 Å². The number of likely N-dealkylation sites (tertiary alicyclic amines) is 1. The number of rotatable bonds is 5. The number of carbonyl (C=O) groups excluding carboxylic acids is 2. The summed E-state index contributed by atoms with van der Waals surface area (Å²) in [5.74, 6) is -0.258. The van der Waals surface area contributed by atoms with Gasteiger partial charge in [0.15, 0.2) is 5.78 Å². The zero-order chi connectivity index (χ0) is 21.8. The van der Waals surface area contributed by atoms with Crippen molar-refractivity contribution in [2.75, 3.05) is 44.2 Å². The fourth-order valence-corrected chi connectivity index (χ4v) is 4.65. The number of benzene rings is 2. The van der Waals surface area contributed by atoms with E-state index in [1.807, 2.05) is 15.9 Å². The van der Waals surface area contributed by atoms with Gasteiger partial charge in [0.1, 0.15) is 5.82 Å². The Balaban J connectivity index is 1.32. The molecule has 0 aliphatic carbocycles. The molecule has 0 saturated carbocycles. The molecule has 0 bridgehead atoms. The normalized spacial score (nSPS) is 20.0. The first-order valence-electron chi connectivity index (χ1n) is 11.1. The Labute approximate surface area is 183 Å². The summed E-state index contributed by atoms with van der Waals surface area (Å²) < 4.78 is 14.5. The number of amides is 1. The number of nitrogens with zero attached hydrogens (tertiary/aromatic N) is 3. The molecule has 2 aliphatic rings. The zero-order valence-electron chi connectivity index (χ0n) is 18.1. The van der Waals surface area contributed by atoms with Gasteiger partial charge in [-0.05, 0) is 50.1 Å². The average molecular weight is 424 g/mol. The van der Waals surface area contributed by atoms with Gasteiger partial charge in [0, 0.05) is 44.8 Å². The molecule has 5 nitrogen and oxygen atoms in total. The third-order valence-electron chi connectivity index (χ3n) is 6.39. The molecule has 0 spiro atoms. The number of piperidine rings is 1. The molecule has 1 unspecified atom stereocenters. The van der Waals surface area contributed by atoms with E-state index in [-0.39, 0.29) is 23.4 Å². The van der Waals surface area contributed by atoms with E-state index in [9.17, 15) is 14.0 Å². The van der Waals surface area contributed by atoms with Crippen LogP contribution in [0.25, 0.3) is 0 Å². The van der Waals surface area contributed by atoms with E-state index in [4.69, 9.17) is 0 Å². The molecule has 0 aromatic heterocycles. The summed E-state index contributed by atoms with van der Waals surface area (Å²) >= 11 is 0. The lowest BCUT2D eigenvalue weighted by molar-refractivity contribution is -0.137. The molecule has 164 valence electrons. The lowest BCUT2D eigenvalue weighted by Gasteiger charge is -2.39. The molecule has 0 N–H and O–H groups in total. The predicted octanol–water partition coefficient (Wildman–Crippen LogP) is 3.59. The molecule has 6 heteroatoms. The van der Waals surface area contributed by atoms with Crippen LogP contribution in [-0.2, 0) is 11.3 Å². The molecule has 2 aromatic carbocycles. The Kier molecular flexibility index (Phi) is 6.66. The van der Waals surface area contributed by atoms with Crippen LogP contribution < -0.4 is 4.90 Å². The molecule has 2 saturated heterocycles. The SMILES string of the molecule is CC(=O)c1ccc(N2CCN(C(=O)C3CCCN(Cc4ccccc4)C3)CC2)c(F)c1. The second kappa shape index (κ2) is 9.60. The van der Waals surface area contributed by atoms with Crippen LogP contribution in [0.4, 0.5) is 10.1 Å². The monoisotopic (exact) mass is 423 g/mol. The van der Waals surface area contributed by atoms with Crippen LogP contribution in [-0.4, -0.2) is 60.8 Å². The fraction of sp³-hybridized carbons (Fsp3) is 0.440. The number of anilines is 1. The van der Waals surface area contributed by atoms with Crippen LogP contribution in [0.15, 0.2) is 48.5 Å². The van der Waals surface area contributed by atoms with Gasteiger partial charge in [-0.1, -0.05) is 30.3 Å². The number of ketones is 1. The summed E-state index contributed by atoms with van der Waals surface area (Å²) in [5, 5.41) is 0. The minimum Gasteiger partial charge on any atom is -0.366 e. The minimum atomic E-state index is -0.378. The van der Waals surface area contributed by atoms with Crippen LogP contribution in [0.2, 0.25) is 0 Å². The number of hydrogen-bond donors (Lipinski definition) is 0. The quantitative estimate of drug-likeness (QED) is 0.690. The summed E-state index contributed by atoms with van der Waals surface area (Å²) in [5.41, 5.74) is 2.17. The van der Waals surface area contributed by atoms with Gasteiger partial charge in [-0.15, -0.1) is 0 Å². The average Bonchev–Trinajstić information content (AvgIpc) is 2.79. The van der Waals surface area contributed by atoms with E-state index in [2.05, 4.69) is 29.2 Å². The van der Waals surface area contributed by atoms with Gasteiger partial charge in [0.05, 0.1) is 11.6 Å². The topological polar surface area (TPSA) is 43.9 Å². The summed E-state index contributed by atoms with van der Waals surface area (Å²) in [7, 11) is 0. The first-order chi connectivity index (χ1) is 15.0. The van der Waals surface area contributed by atoms with Gasteiger partial charge in [-0.3, -0.25) is 14.5 Å². The van der Waals surface area contributed by atoms with E-state index in [1.54, 1.807) is 12.1 Å². The lowest BCUT2D eigenvalue weighted by atomic mass is 9.95. The third kappa shape index (κ3) is 5.13. The molecular weight excluding hydrogens is 393 g/mol. The Morgan fingerprint density at radius 1 is 1.00 bits per heavy atom. The van der Waals surface area contributed by atoms with Crippen molar-refractivity contribution in [3.8, 4) is 0 Å². The molecule has 31 heavy (non-hydrogen) atoms. The Morgan fingerprint density at radius 3 is 2.42 bits per heavy atom. The van der Waals surface area contributed by atoms with Crippen molar-refractivity contribution in [2.24, 2.45) is 5.92 Å². The number of hydrogen-bond acceptors (Lipinski definition) is 4. The van der Waals surface area contributed by atoms with Gasteiger partial charge in [-0.25, -0.2) is 4.39 Å². The maximum Gasteiger partial charge on any atom is 0.227 e. The maximum absolute atomic E-state index is 14.5. The van der Waals surface area contributed by atoms with Gasteiger partial charge in [0.2, 0.25) is 5.91 Å². The first kappa shape index (κ1) is 21.5. The van der Waals surface area contributed by atoms with Crippen LogP contribution in [0.1, 0.15) is 35.7 Å². The van der Waals surface area contributed by atoms with Crippen molar-refractivity contribution in [1.82, 2.24) is 9.80 Å². The largest absolute Gasteiger partial charge is 0.366 e. The van der Waals surface area contributed by atoms with Crippen molar-refractivity contribution in [2.45, 2.75) is 26.3 Å². The molecule has 2 aromatic rings. The number of carbonyl (C=O) groups is 2. The van der Waals surface area contributed by atoms with Gasteiger partial charge < -0.3 is 9.80 Å². The van der Waals surface area contributed by atoms with Gasteiger partial charge in [-0.2, -0.15) is 0 Å². The highest BCUT2D eigenvalue weighted by atomic mass is 19.1. The van der Waals surface area contributed by atoms with Crippen molar-refractivity contribution in [3.63, 3.8) is 0 Å². The predicted molar refractivity (Wildman–Crippen MR) is 120 cm³/mol. The van der Waals surface area contributed by atoms with Crippen LogP contribution in [0.5, 0.6) is 0 Å². The standard InChI is InChI=1S/C25H30FN3O2/c1-19(30)21-9-10-24(23(26)16-21)28-12-14-29(15-13-28)25(31)22-8-5-11-27(18-22)17-20-6-3-2-4-7-20/h2-4,6-7,9-10,16,22H,5,8,11-15,17-18H2,1H3. The highest BCUT2D eigenvalue weighted by Gasteiger charge is 2.31. The second-order valence-corrected chi connectivity index (χ2v) is 8.59. The molecule has 0 radical (unpaired) electrons. The van der Waals surface area contributed by atoms with Crippen LogP contribution in [0.3, 0.4) is 0 Å². The highest BCUT2D eigenvalue weighted by molar-refractivity contribution is 5.94.